The predicted molar refractivity (Wildman–Crippen MR) is 110 cm³/mol. The molecule has 2 aromatic rings. The number of nitrogens with one attached hydrogen (secondary N) is 1. The summed E-state index contributed by atoms with van der Waals surface area (Å²) in [6.45, 7) is 3.47. The molecule has 1 heterocycles. The van der Waals surface area contributed by atoms with E-state index in [1.165, 1.54) is 15.9 Å². The third-order valence-electron chi connectivity index (χ3n) is 5.52. The molecule has 1 unspecified atom stereocenters. The van der Waals surface area contributed by atoms with Crippen molar-refractivity contribution < 1.29 is 17.9 Å². The van der Waals surface area contributed by atoms with E-state index in [-0.39, 0.29) is 16.8 Å². The second kappa shape index (κ2) is 8.26. The van der Waals surface area contributed by atoms with Crippen molar-refractivity contribution in [1.82, 2.24) is 9.62 Å². The van der Waals surface area contributed by atoms with Crippen LogP contribution in [0.3, 0.4) is 0 Å². The molecule has 2 fully saturated rings. The van der Waals surface area contributed by atoms with Crippen LogP contribution in [0.25, 0.3) is 0 Å². The third-order valence-corrected chi connectivity index (χ3v) is 7.42. The minimum absolute atomic E-state index is 0.0531. The Morgan fingerprint density at radius 2 is 1.79 bits per heavy atom. The largest absolute Gasteiger partial charge is 0.379 e. The Morgan fingerprint density at radius 1 is 1.10 bits per heavy atom. The number of aryl methyl sites for hydroxylation is 1. The van der Waals surface area contributed by atoms with Gasteiger partial charge in [-0.25, -0.2) is 8.42 Å². The topological polar surface area (TPSA) is 75.7 Å². The van der Waals surface area contributed by atoms with Gasteiger partial charge in [-0.05, 0) is 49.4 Å². The molecule has 0 bridgehead atoms. The molecule has 4 rings (SSSR count). The van der Waals surface area contributed by atoms with Gasteiger partial charge in [-0.2, -0.15) is 4.31 Å². The van der Waals surface area contributed by atoms with Crippen molar-refractivity contribution in [2.24, 2.45) is 5.92 Å². The summed E-state index contributed by atoms with van der Waals surface area (Å²) < 4.78 is 32.4. The van der Waals surface area contributed by atoms with Crippen LogP contribution >= 0.6 is 0 Å². The summed E-state index contributed by atoms with van der Waals surface area (Å²) in [5, 5.41) is 3.12. The van der Waals surface area contributed by atoms with Gasteiger partial charge in [-0.3, -0.25) is 4.79 Å². The molecule has 1 aliphatic carbocycles. The van der Waals surface area contributed by atoms with E-state index in [0.29, 0.717) is 37.8 Å². The lowest BCUT2D eigenvalue weighted by Gasteiger charge is -2.26. The molecule has 2 aromatic carbocycles. The second-order valence-corrected chi connectivity index (χ2v) is 9.68. The van der Waals surface area contributed by atoms with Crippen LogP contribution in [-0.2, 0) is 14.8 Å². The highest BCUT2D eigenvalue weighted by atomic mass is 32.2. The molecule has 1 aliphatic heterocycles. The number of carbonyl (C=O) groups excluding carboxylic acids is 1. The van der Waals surface area contributed by atoms with Gasteiger partial charge in [0.15, 0.2) is 0 Å². The average molecular weight is 415 g/mol. The highest BCUT2D eigenvalue weighted by molar-refractivity contribution is 7.89. The lowest BCUT2D eigenvalue weighted by molar-refractivity contribution is 0.0730. The molecular formula is C22H26N2O4S. The number of morpholine rings is 1. The lowest BCUT2D eigenvalue weighted by atomic mass is 10.0. The summed E-state index contributed by atoms with van der Waals surface area (Å²) in [5.74, 6) is 0.184. The minimum Gasteiger partial charge on any atom is -0.379 e. The Morgan fingerprint density at radius 3 is 2.45 bits per heavy atom. The maximum Gasteiger partial charge on any atom is 0.251 e. The van der Waals surface area contributed by atoms with E-state index in [1.54, 1.807) is 18.2 Å². The van der Waals surface area contributed by atoms with Crippen LogP contribution in [0.2, 0.25) is 0 Å². The Labute approximate surface area is 171 Å². The minimum atomic E-state index is -3.63. The second-order valence-electron chi connectivity index (χ2n) is 7.74. The van der Waals surface area contributed by atoms with Crippen molar-refractivity contribution in [1.29, 1.82) is 0 Å². The van der Waals surface area contributed by atoms with Gasteiger partial charge in [-0.15, -0.1) is 0 Å². The Bertz CT molecular complexity index is 978. The molecule has 1 saturated heterocycles. The number of ether oxygens (including phenoxy) is 1. The highest BCUT2D eigenvalue weighted by Gasteiger charge is 2.34. The van der Waals surface area contributed by atoms with Gasteiger partial charge >= 0.3 is 0 Å². The molecule has 1 N–H and O–H groups in total. The molecule has 0 spiro atoms. The summed E-state index contributed by atoms with van der Waals surface area (Å²) in [6.07, 6.45) is 2.18. The van der Waals surface area contributed by atoms with Crippen molar-refractivity contribution >= 4 is 15.9 Å². The maximum atomic E-state index is 12.9. The zero-order valence-corrected chi connectivity index (χ0v) is 17.3. The quantitative estimate of drug-likeness (QED) is 0.789. The molecule has 7 heteroatoms. The van der Waals surface area contributed by atoms with Gasteiger partial charge in [0.1, 0.15) is 0 Å². The first kappa shape index (κ1) is 20.1. The van der Waals surface area contributed by atoms with Gasteiger partial charge in [0.25, 0.3) is 5.91 Å². The lowest BCUT2D eigenvalue weighted by Crippen LogP contribution is -2.40. The van der Waals surface area contributed by atoms with Crippen LogP contribution in [-0.4, -0.2) is 44.9 Å². The summed E-state index contributed by atoms with van der Waals surface area (Å²) >= 11 is 0. The fourth-order valence-electron chi connectivity index (χ4n) is 3.64. The molecule has 6 nitrogen and oxygen atoms in total. The van der Waals surface area contributed by atoms with Crippen LogP contribution < -0.4 is 5.32 Å². The first-order valence-electron chi connectivity index (χ1n) is 10.0. The highest BCUT2D eigenvalue weighted by Crippen LogP contribution is 2.41. The smallest absolute Gasteiger partial charge is 0.251 e. The van der Waals surface area contributed by atoms with Crippen LogP contribution in [0.1, 0.15) is 40.4 Å². The number of rotatable bonds is 6. The van der Waals surface area contributed by atoms with Crippen LogP contribution in [0.5, 0.6) is 0 Å². The van der Waals surface area contributed by atoms with Gasteiger partial charge < -0.3 is 10.1 Å². The fourth-order valence-corrected chi connectivity index (χ4v) is 5.09. The molecule has 0 radical (unpaired) electrons. The van der Waals surface area contributed by atoms with E-state index in [4.69, 9.17) is 4.74 Å². The molecule has 1 saturated carbocycles. The van der Waals surface area contributed by atoms with Gasteiger partial charge in [0.05, 0.1) is 24.2 Å². The zero-order valence-electron chi connectivity index (χ0n) is 16.5. The molecule has 29 heavy (non-hydrogen) atoms. The molecule has 1 amide bonds. The first-order valence-corrected chi connectivity index (χ1v) is 11.4. The van der Waals surface area contributed by atoms with Crippen LogP contribution in [0.4, 0.5) is 0 Å². The number of hydrogen-bond donors (Lipinski definition) is 1. The van der Waals surface area contributed by atoms with Gasteiger partial charge in [-0.1, -0.05) is 35.9 Å². The fraction of sp³-hybridized carbons (Fsp3) is 0.409. The third kappa shape index (κ3) is 4.52. The van der Waals surface area contributed by atoms with E-state index in [2.05, 4.69) is 17.4 Å². The number of amides is 1. The van der Waals surface area contributed by atoms with Crippen molar-refractivity contribution in [2.45, 2.75) is 30.7 Å². The summed E-state index contributed by atoms with van der Waals surface area (Å²) in [6, 6.07) is 14.4. The van der Waals surface area contributed by atoms with Crippen LogP contribution in [0.15, 0.2) is 53.4 Å². The number of carbonyl (C=O) groups is 1. The molecular weight excluding hydrogens is 388 g/mol. The van der Waals surface area contributed by atoms with Gasteiger partial charge in [0, 0.05) is 18.7 Å². The number of hydrogen-bond acceptors (Lipinski definition) is 4. The number of nitrogens with zero attached hydrogens (tertiary/aromatic N) is 1. The van der Waals surface area contributed by atoms with Crippen LogP contribution in [0, 0.1) is 12.8 Å². The number of sulfonamides is 1. The molecule has 2 aliphatic rings. The Balaban J connectivity index is 1.54. The predicted octanol–water partition coefficient (Wildman–Crippen LogP) is 2.90. The van der Waals surface area contributed by atoms with Gasteiger partial charge in [0.2, 0.25) is 10.0 Å². The van der Waals surface area contributed by atoms with Crippen molar-refractivity contribution in [3.8, 4) is 0 Å². The first-order chi connectivity index (χ1) is 13.9. The van der Waals surface area contributed by atoms with E-state index in [9.17, 15) is 13.2 Å². The number of benzene rings is 2. The molecule has 1 atom stereocenters. The normalized spacial score (nSPS) is 18.9. The summed E-state index contributed by atoms with van der Waals surface area (Å²) in [4.78, 5) is 13.1. The standard InChI is InChI=1S/C22H26N2O4S/c1-16-5-7-17(8-6-16)21(18-9-10-18)23-22(25)19-3-2-4-20(15-19)29(26,27)24-11-13-28-14-12-24/h2-8,15,18,21H,9-14H2,1H3,(H,23,25). The molecule has 154 valence electrons. The monoisotopic (exact) mass is 414 g/mol. The molecule has 0 aromatic heterocycles. The van der Waals surface area contributed by atoms with Crippen molar-refractivity contribution in [3.63, 3.8) is 0 Å². The van der Waals surface area contributed by atoms with E-state index in [1.807, 2.05) is 19.1 Å². The summed E-state index contributed by atoms with van der Waals surface area (Å²) in [7, 11) is -3.63. The van der Waals surface area contributed by atoms with E-state index in [0.717, 1.165) is 18.4 Å². The Kier molecular flexibility index (Phi) is 5.72. The summed E-state index contributed by atoms with van der Waals surface area (Å²) in [5.41, 5.74) is 2.62. The van der Waals surface area contributed by atoms with Crippen molar-refractivity contribution in [2.75, 3.05) is 26.3 Å². The maximum absolute atomic E-state index is 12.9. The Hall–Kier alpha value is -2.22. The van der Waals surface area contributed by atoms with E-state index >= 15 is 0 Å². The zero-order chi connectivity index (χ0) is 20.4. The van der Waals surface area contributed by atoms with E-state index < -0.39 is 10.0 Å². The average Bonchev–Trinajstić information content (AvgIpc) is 3.58. The van der Waals surface area contributed by atoms with Crippen molar-refractivity contribution in [3.05, 3.63) is 65.2 Å². The SMILES string of the molecule is Cc1ccc(C(NC(=O)c2cccc(S(=O)(=O)N3CCOCC3)c2)C2CC2)cc1.